The van der Waals surface area contributed by atoms with E-state index in [2.05, 4.69) is 15.3 Å². The van der Waals surface area contributed by atoms with Gasteiger partial charge in [-0.25, -0.2) is 4.98 Å². The lowest BCUT2D eigenvalue weighted by Crippen LogP contribution is -2.07. The van der Waals surface area contributed by atoms with Crippen molar-refractivity contribution in [2.75, 3.05) is 7.05 Å². The fraction of sp³-hybridized carbons (Fsp3) is 0.417. The molecule has 2 N–H and O–H groups in total. The van der Waals surface area contributed by atoms with E-state index in [9.17, 15) is 0 Å². The lowest BCUT2D eigenvalue weighted by Gasteiger charge is -1.98. The molecule has 2 aromatic rings. The Kier molecular flexibility index (Phi) is 2.29. The lowest BCUT2D eigenvalue weighted by atomic mass is 10.2. The van der Waals surface area contributed by atoms with Crippen LogP contribution in [0.5, 0.6) is 0 Å². The van der Waals surface area contributed by atoms with E-state index in [1.54, 1.807) is 6.26 Å². The maximum absolute atomic E-state index is 5.35. The molecule has 0 spiro atoms. The molecule has 0 saturated heterocycles. The average Bonchev–Trinajstić information content (AvgIpc) is 2.82. The van der Waals surface area contributed by atoms with Crippen LogP contribution in [-0.4, -0.2) is 17.0 Å². The maximum atomic E-state index is 5.35. The quantitative estimate of drug-likeness (QED) is 0.826. The van der Waals surface area contributed by atoms with Crippen molar-refractivity contribution in [3.8, 4) is 11.6 Å². The fourth-order valence-corrected chi connectivity index (χ4v) is 1.96. The highest BCUT2D eigenvalue weighted by Crippen LogP contribution is 2.41. The third kappa shape index (κ3) is 1.65. The van der Waals surface area contributed by atoms with Gasteiger partial charge in [0.05, 0.1) is 17.7 Å². The van der Waals surface area contributed by atoms with E-state index in [0.717, 1.165) is 18.1 Å². The van der Waals surface area contributed by atoms with Gasteiger partial charge >= 0.3 is 0 Å². The second-order valence-corrected chi connectivity index (χ2v) is 4.23. The number of hydrogen-bond acceptors (Lipinski definition) is 3. The van der Waals surface area contributed by atoms with E-state index in [0.29, 0.717) is 5.92 Å². The van der Waals surface area contributed by atoms with Crippen LogP contribution in [0.4, 0.5) is 0 Å². The average molecular weight is 217 g/mol. The lowest BCUT2D eigenvalue weighted by molar-refractivity contribution is 0.578. The molecule has 2 heterocycles. The van der Waals surface area contributed by atoms with Crippen molar-refractivity contribution in [2.45, 2.75) is 25.3 Å². The summed E-state index contributed by atoms with van der Waals surface area (Å²) in [5.74, 6) is 2.31. The van der Waals surface area contributed by atoms with Gasteiger partial charge < -0.3 is 14.7 Å². The van der Waals surface area contributed by atoms with Crippen LogP contribution in [0.25, 0.3) is 11.6 Å². The number of hydrogen-bond donors (Lipinski definition) is 2. The second-order valence-electron chi connectivity index (χ2n) is 4.23. The Morgan fingerprint density at radius 2 is 2.44 bits per heavy atom. The Balaban J connectivity index is 1.97. The number of imidazole rings is 1. The summed E-state index contributed by atoms with van der Waals surface area (Å²) in [6.07, 6.45) is 4.20. The number of rotatable bonds is 4. The van der Waals surface area contributed by atoms with E-state index in [1.165, 1.54) is 24.2 Å². The van der Waals surface area contributed by atoms with Crippen LogP contribution in [-0.2, 0) is 6.54 Å². The molecular formula is C12H15N3O. The highest BCUT2D eigenvalue weighted by atomic mass is 16.3. The summed E-state index contributed by atoms with van der Waals surface area (Å²) in [7, 11) is 1.95. The van der Waals surface area contributed by atoms with Gasteiger partial charge in [-0.2, -0.15) is 0 Å². The van der Waals surface area contributed by atoms with Crippen molar-refractivity contribution in [2.24, 2.45) is 0 Å². The maximum Gasteiger partial charge on any atom is 0.174 e. The summed E-state index contributed by atoms with van der Waals surface area (Å²) in [5, 5.41) is 3.16. The highest BCUT2D eigenvalue weighted by molar-refractivity contribution is 5.48. The predicted molar refractivity (Wildman–Crippen MR) is 61.0 cm³/mol. The Bertz CT molecular complexity index is 468. The number of aromatic amines is 1. The van der Waals surface area contributed by atoms with Crippen LogP contribution in [0.15, 0.2) is 22.8 Å². The first-order valence-corrected chi connectivity index (χ1v) is 5.65. The number of aromatic nitrogens is 2. The summed E-state index contributed by atoms with van der Waals surface area (Å²) in [6.45, 7) is 0.833. The van der Waals surface area contributed by atoms with E-state index in [-0.39, 0.29) is 0 Å². The van der Waals surface area contributed by atoms with Gasteiger partial charge in [0.2, 0.25) is 0 Å². The number of furan rings is 1. The van der Waals surface area contributed by atoms with E-state index >= 15 is 0 Å². The molecule has 0 aromatic carbocycles. The van der Waals surface area contributed by atoms with Crippen molar-refractivity contribution in [1.29, 1.82) is 0 Å². The van der Waals surface area contributed by atoms with Crippen LogP contribution in [0, 0.1) is 0 Å². The summed E-state index contributed by atoms with van der Waals surface area (Å²) >= 11 is 0. The van der Waals surface area contributed by atoms with Crippen molar-refractivity contribution < 1.29 is 4.42 Å². The molecule has 1 aliphatic rings. The molecule has 0 atom stereocenters. The Morgan fingerprint density at radius 3 is 3.06 bits per heavy atom. The molecule has 3 rings (SSSR count). The molecule has 0 bridgehead atoms. The molecule has 84 valence electrons. The smallest absolute Gasteiger partial charge is 0.174 e. The van der Waals surface area contributed by atoms with Gasteiger partial charge in [0.15, 0.2) is 11.6 Å². The monoisotopic (exact) mass is 217 g/mol. The van der Waals surface area contributed by atoms with E-state index < -0.39 is 0 Å². The zero-order valence-corrected chi connectivity index (χ0v) is 9.29. The number of H-pyrrole nitrogens is 1. The third-order valence-corrected chi connectivity index (χ3v) is 2.88. The van der Waals surface area contributed by atoms with Crippen molar-refractivity contribution in [3.05, 3.63) is 29.8 Å². The SMILES string of the molecule is CNCc1[nH]c(-c2ccco2)nc1C1CC1. The van der Waals surface area contributed by atoms with Gasteiger partial charge in [-0.3, -0.25) is 0 Å². The van der Waals surface area contributed by atoms with Gasteiger partial charge in [0.25, 0.3) is 0 Å². The largest absolute Gasteiger partial charge is 0.461 e. The van der Waals surface area contributed by atoms with Gasteiger partial charge in [-0.1, -0.05) is 0 Å². The molecule has 4 heteroatoms. The second kappa shape index (κ2) is 3.79. The highest BCUT2D eigenvalue weighted by Gasteiger charge is 2.29. The van der Waals surface area contributed by atoms with Crippen LogP contribution in [0.2, 0.25) is 0 Å². The van der Waals surface area contributed by atoms with Crippen LogP contribution in [0.1, 0.15) is 30.1 Å². The molecule has 2 aromatic heterocycles. The fourth-order valence-electron chi connectivity index (χ4n) is 1.96. The van der Waals surface area contributed by atoms with E-state index in [4.69, 9.17) is 4.42 Å². The molecule has 0 unspecified atom stereocenters. The minimum absolute atomic E-state index is 0.656. The Morgan fingerprint density at radius 1 is 1.56 bits per heavy atom. The molecule has 0 radical (unpaired) electrons. The molecular weight excluding hydrogens is 202 g/mol. The number of nitrogens with zero attached hydrogens (tertiary/aromatic N) is 1. The first-order chi connectivity index (χ1) is 7.88. The van der Waals surface area contributed by atoms with Gasteiger partial charge in [-0.05, 0) is 32.0 Å². The topological polar surface area (TPSA) is 53.9 Å². The molecule has 0 aliphatic heterocycles. The third-order valence-electron chi connectivity index (χ3n) is 2.88. The Labute approximate surface area is 94.1 Å². The predicted octanol–water partition coefficient (Wildman–Crippen LogP) is 2.27. The van der Waals surface area contributed by atoms with Crippen LogP contribution >= 0.6 is 0 Å². The van der Waals surface area contributed by atoms with Gasteiger partial charge in [0.1, 0.15) is 0 Å². The molecule has 4 nitrogen and oxygen atoms in total. The van der Waals surface area contributed by atoms with Crippen molar-refractivity contribution in [3.63, 3.8) is 0 Å². The zero-order valence-electron chi connectivity index (χ0n) is 9.29. The minimum Gasteiger partial charge on any atom is -0.461 e. The van der Waals surface area contributed by atoms with Gasteiger partial charge in [0, 0.05) is 12.5 Å². The molecule has 1 saturated carbocycles. The zero-order chi connectivity index (χ0) is 11.0. The van der Waals surface area contributed by atoms with Gasteiger partial charge in [-0.15, -0.1) is 0 Å². The number of nitrogens with one attached hydrogen (secondary N) is 2. The van der Waals surface area contributed by atoms with E-state index in [1.807, 2.05) is 19.2 Å². The van der Waals surface area contributed by atoms with Crippen LogP contribution < -0.4 is 5.32 Å². The first kappa shape index (κ1) is 9.66. The normalized spacial score (nSPS) is 15.6. The summed E-state index contributed by atoms with van der Waals surface area (Å²) in [6, 6.07) is 3.81. The summed E-state index contributed by atoms with van der Waals surface area (Å²) < 4.78 is 5.35. The Hall–Kier alpha value is -1.55. The standard InChI is InChI=1S/C12H15N3O/c1-13-7-9-11(8-4-5-8)15-12(14-9)10-3-2-6-16-10/h2-3,6,8,13H,4-5,7H2,1H3,(H,14,15). The molecule has 16 heavy (non-hydrogen) atoms. The molecule has 1 aliphatic carbocycles. The van der Waals surface area contributed by atoms with Crippen LogP contribution in [0.3, 0.4) is 0 Å². The molecule has 1 fully saturated rings. The summed E-state index contributed by atoms with van der Waals surface area (Å²) in [4.78, 5) is 7.98. The summed E-state index contributed by atoms with van der Waals surface area (Å²) in [5.41, 5.74) is 2.40. The van der Waals surface area contributed by atoms with Crippen molar-refractivity contribution >= 4 is 0 Å². The minimum atomic E-state index is 0.656. The first-order valence-electron chi connectivity index (χ1n) is 5.65. The van der Waals surface area contributed by atoms with Crippen molar-refractivity contribution in [1.82, 2.24) is 15.3 Å². The molecule has 0 amide bonds.